The zero-order valence-corrected chi connectivity index (χ0v) is 11.6. The Morgan fingerprint density at radius 3 is 2.95 bits per heavy atom. The Morgan fingerprint density at radius 2 is 2.25 bits per heavy atom. The molecule has 1 saturated heterocycles. The molecular weight excluding hydrogens is 276 g/mol. The Kier molecular flexibility index (Phi) is 3.46. The third-order valence-electron chi connectivity index (χ3n) is 3.52. The van der Waals surface area contributed by atoms with Crippen LogP contribution in [0.1, 0.15) is 16.8 Å². The smallest absolute Gasteiger partial charge is 0.257 e. The lowest BCUT2D eigenvalue weighted by Gasteiger charge is -2.15. The summed E-state index contributed by atoms with van der Waals surface area (Å²) in [6.45, 7) is 1.28. The number of aromatic nitrogens is 2. The molecule has 2 aromatic rings. The first kappa shape index (κ1) is 13.1. The normalized spacial score (nSPS) is 18.5. The van der Waals surface area contributed by atoms with Crippen molar-refractivity contribution >= 4 is 17.5 Å². The van der Waals surface area contributed by atoms with Crippen LogP contribution in [-0.2, 0) is 0 Å². The van der Waals surface area contributed by atoms with Gasteiger partial charge in [0.25, 0.3) is 5.91 Å². The number of carbonyl (C=O) groups excluding carboxylic acids is 1. The molecule has 1 aromatic heterocycles. The average Bonchev–Trinajstić information content (AvgIpc) is 3.07. The van der Waals surface area contributed by atoms with Crippen LogP contribution in [0.3, 0.4) is 0 Å². The molecule has 1 unspecified atom stereocenters. The lowest BCUT2D eigenvalue weighted by Crippen LogP contribution is -2.31. The van der Waals surface area contributed by atoms with Crippen molar-refractivity contribution in [2.24, 2.45) is 5.73 Å². The summed E-state index contributed by atoms with van der Waals surface area (Å²) in [6.07, 6.45) is 2.38. The lowest BCUT2D eigenvalue weighted by molar-refractivity contribution is 0.0791. The van der Waals surface area contributed by atoms with E-state index in [4.69, 9.17) is 17.3 Å². The van der Waals surface area contributed by atoms with Crippen molar-refractivity contribution in [3.63, 3.8) is 0 Å². The second-order valence-corrected chi connectivity index (χ2v) is 5.35. The fourth-order valence-electron chi connectivity index (χ4n) is 2.46. The van der Waals surface area contributed by atoms with Gasteiger partial charge in [0.15, 0.2) is 0 Å². The van der Waals surface area contributed by atoms with E-state index >= 15 is 0 Å². The van der Waals surface area contributed by atoms with E-state index < -0.39 is 0 Å². The second kappa shape index (κ2) is 5.26. The number of amides is 1. The van der Waals surface area contributed by atoms with Gasteiger partial charge in [-0.15, -0.1) is 0 Å². The van der Waals surface area contributed by atoms with Crippen LogP contribution in [-0.4, -0.2) is 40.1 Å². The molecule has 2 heterocycles. The number of hydrogen-bond donors (Lipinski definition) is 2. The fourth-order valence-corrected chi connectivity index (χ4v) is 2.69. The number of nitrogens with zero attached hydrogens (tertiary/aromatic N) is 2. The minimum Gasteiger partial charge on any atom is -0.337 e. The number of hydrogen-bond acceptors (Lipinski definition) is 3. The maximum absolute atomic E-state index is 12.5. The molecule has 0 spiro atoms. The molecular formula is C14H15ClN4O. The maximum atomic E-state index is 12.5. The van der Waals surface area contributed by atoms with Crippen molar-refractivity contribution in [3.8, 4) is 11.3 Å². The molecule has 1 aromatic carbocycles. The van der Waals surface area contributed by atoms with Gasteiger partial charge in [0.1, 0.15) is 0 Å². The largest absolute Gasteiger partial charge is 0.337 e. The standard InChI is InChI=1S/C14H15ClN4O/c15-12-4-2-1-3-10(12)13-11(7-17-18-13)14(20)19-6-5-9(16)8-19/h1-4,7,9H,5-6,8,16H2,(H,17,18). The van der Waals surface area contributed by atoms with Crippen LogP contribution >= 0.6 is 11.6 Å². The summed E-state index contributed by atoms with van der Waals surface area (Å²) in [4.78, 5) is 14.3. The van der Waals surface area contributed by atoms with E-state index in [0.717, 1.165) is 12.0 Å². The van der Waals surface area contributed by atoms with Gasteiger partial charge in [0, 0.05) is 29.7 Å². The zero-order chi connectivity index (χ0) is 14.1. The highest BCUT2D eigenvalue weighted by Crippen LogP contribution is 2.29. The monoisotopic (exact) mass is 290 g/mol. The lowest BCUT2D eigenvalue weighted by atomic mass is 10.1. The summed E-state index contributed by atoms with van der Waals surface area (Å²) in [7, 11) is 0. The van der Waals surface area contributed by atoms with Crippen molar-refractivity contribution < 1.29 is 4.79 Å². The van der Waals surface area contributed by atoms with E-state index in [1.807, 2.05) is 18.2 Å². The Morgan fingerprint density at radius 1 is 1.45 bits per heavy atom. The Balaban J connectivity index is 1.95. The molecule has 1 aliphatic heterocycles. The quantitative estimate of drug-likeness (QED) is 0.887. The fraction of sp³-hybridized carbons (Fsp3) is 0.286. The first-order chi connectivity index (χ1) is 9.66. The highest BCUT2D eigenvalue weighted by molar-refractivity contribution is 6.33. The number of aromatic amines is 1. The third-order valence-corrected chi connectivity index (χ3v) is 3.85. The van der Waals surface area contributed by atoms with Crippen LogP contribution in [0.5, 0.6) is 0 Å². The van der Waals surface area contributed by atoms with Gasteiger partial charge in [-0.25, -0.2) is 0 Å². The number of likely N-dealkylation sites (tertiary alicyclic amines) is 1. The van der Waals surface area contributed by atoms with E-state index in [1.165, 1.54) is 0 Å². The maximum Gasteiger partial charge on any atom is 0.257 e. The predicted octanol–water partition coefficient (Wildman–Crippen LogP) is 1.90. The number of benzene rings is 1. The van der Waals surface area contributed by atoms with Crippen LogP contribution in [0.4, 0.5) is 0 Å². The molecule has 104 valence electrons. The van der Waals surface area contributed by atoms with Crippen LogP contribution in [0.15, 0.2) is 30.5 Å². The molecule has 20 heavy (non-hydrogen) atoms. The Bertz CT molecular complexity index is 640. The first-order valence-corrected chi connectivity index (χ1v) is 6.87. The Hall–Kier alpha value is -1.85. The molecule has 3 rings (SSSR count). The highest BCUT2D eigenvalue weighted by atomic mass is 35.5. The van der Waals surface area contributed by atoms with E-state index in [1.54, 1.807) is 17.2 Å². The first-order valence-electron chi connectivity index (χ1n) is 6.50. The highest BCUT2D eigenvalue weighted by Gasteiger charge is 2.27. The van der Waals surface area contributed by atoms with Gasteiger partial charge in [0.05, 0.1) is 17.5 Å². The summed E-state index contributed by atoms with van der Waals surface area (Å²) < 4.78 is 0. The molecule has 3 N–H and O–H groups in total. The molecule has 0 bridgehead atoms. The number of H-pyrrole nitrogens is 1. The van der Waals surface area contributed by atoms with Gasteiger partial charge in [-0.05, 0) is 12.5 Å². The molecule has 0 saturated carbocycles. The Labute approximate surface area is 121 Å². The number of nitrogens with two attached hydrogens (primary N) is 1. The van der Waals surface area contributed by atoms with Crippen LogP contribution in [0.25, 0.3) is 11.3 Å². The molecule has 1 atom stereocenters. The number of halogens is 1. The number of nitrogens with one attached hydrogen (secondary N) is 1. The predicted molar refractivity (Wildman–Crippen MR) is 77.5 cm³/mol. The summed E-state index contributed by atoms with van der Waals surface area (Å²) >= 11 is 6.18. The van der Waals surface area contributed by atoms with Gasteiger partial charge in [-0.2, -0.15) is 5.10 Å². The van der Waals surface area contributed by atoms with E-state index in [2.05, 4.69) is 10.2 Å². The van der Waals surface area contributed by atoms with Crippen molar-refractivity contribution in [2.45, 2.75) is 12.5 Å². The van der Waals surface area contributed by atoms with Gasteiger partial charge in [0.2, 0.25) is 0 Å². The molecule has 0 radical (unpaired) electrons. The SMILES string of the molecule is NC1CCN(C(=O)c2cn[nH]c2-c2ccccc2Cl)C1. The van der Waals surface area contributed by atoms with Crippen molar-refractivity contribution in [3.05, 3.63) is 41.0 Å². The minimum absolute atomic E-state index is 0.0541. The van der Waals surface area contributed by atoms with E-state index in [9.17, 15) is 4.79 Å². The van der Waals surface area contributed by atoms with E-state index in [0.29, 0.717) is 29.4 Å². The molecule has 5 nitrogen and oxygen atoms in total. The van der Waals surface area contributed by atoms with Gasteiger partial charge in [-0.3, -0.25) is 9.89 Å². The number of carbonyl (C=O) groups is 1. The molecule has 0 aliphatic carbocycles. The molecule has 1 aliphatic rings. The molecule has 6 heteroatoms. The summed E-state index contributed by atoms with van der Waals surface area (Å²) in [5.74, 6) is -0.0541. The minimum atomic E-state index is -0.0541. The van der Waals surface area contributed by atoms with Crippen molar-refractivity contribution in [1.29, 1.82) is 0 Å². The summed E-state index contributed by atoms with van der Waals surface area (Å²) in [5.41, 5.74) is 7.82. The average molecular weight is 291 g/mol. The topological polar surface area (TPSA) is 75.0 Å². The summed E-state index contributed by atoms with van der Waals surface area (Å²) in [5, 5.41) is 7.44. The third kappa shape index (κ3) is 2.30. The van der Waals surface area contributed by atoms with Crippen molar-refractivity contribution in [1.82, 2.24) is 15.1 Å². The summed E-state index contributed by atoms with van der Waals surface area (Å²) in [6, 6.07) is 7.44. The van der Waals surface area contributed by atoms with Gasteiger partial charge < -0.3 is 10.6 Å². The molecule has 1 amide bonds. The van der Waals surface area contributed by atoms with Crippen LogP contribution in [0.2, 0.25) is 5.02 Å². The second-order valence-electron chi connectivity index (χ2n) is 4.94. The van der Waals surface area contributed by atoms with Crippen molar-refractivity contribution in [2.75, 3.05) is 13.1 Å². The molecule has 1 fully saturated rings. The van der Waals surface area contributed by atoms with Gasteiger partial charge >= 0.3 is 0 Å². The number of rotatable bonds is 2. The van der Waals surface area contributed by atoms with Crippen LogP contribution < -0.4 is 5.73 Å². The van der Waals surface area contributed by atoms with E-state index in [-0.39, 0.29) is 11.9 Å². The van der Waals surface area contributed by atoms with Gasteiger partial charge in [-0.1, -0.05) is 29.8 Å². The van der Waals surface area contributed by atoms with Crippen LogP contribution in [0, 0.1) is 0 Å². The zero-order valence-electron chi connectivity index (χ0n) is 10.8.